The fourth-order valence-corrected chi connectivity index (χ4v) is 1.89. The molecule has 0 saturated heterocycles. The van der Waals surface area contributed by atoms with Gasteiger partial charge in [-0.2, -0.15) is 0 Å². The average Bonchev–Trinajstić information content (AvgIpc) is 2.49. The smallest absolute Gasteiger partial charge is 0.407 e. The first-order valence-corrected chi connectivity index (χ1v) is 8.18. The molecule has 0 aromatic heterocycles. The van der Waals surface area contributed by atoms with Gasteiger partial charge < -0.3 is 14.9 Å². The topological polar surface area (TPSA) is 59.9 Å². The number of hydrogen-bond donors (Lipinski definition) is 1. The van der Waals surface area contributed by atoms with Gasteiger partial charge in [-0.15, -0.1) is 11.6 Å². The van der Waals surface area contributed by atoms with E-state index in [1.165, 1.54) is 0 Å². The summed E-state index contributed by atoms with van der Waals surface area (Å²) in [6.45, 7) is 6.40. The van der Waals surface area contributed by atoms with E-state index < -0.39 is 11.7 Å². The van der Waals surface area contributed by atoms with Crippen LogP contribution in [0, 0.1) is 0 Å². The lowest BCUT2D eigenvalue weighted by atomic mass is 10.2. The number of alkyl halides is 1. The van der Waals surface area contributed by atoms with Crippen LogP contribution in [-0.2, 0) is 16.2 Å². The van der Waals surface area contributed by atoms with Crippen LogP contribution in [0.15, 0.2) is 35.5 Å². The number of benzene rings is 1. The van der Waals surface area contributed by atoms with Gasteiger partial charge in [-0.25, -0.2) is 4.79 Å². The van der Waals surface area contributed by atoms with E-state index in [-0.39, 0.29) is 0 Å². The number of alkyl carbamates (subject to hydrolysis) is 1. The molecular weight excluding hydrogens is 316 g/mol. The molecule has 1 rings (SSSR count). The minimum Gasteiger partial charge on any atom is -0.444 e. The van der Waals surface area contributed by atoms with E-state index in [0.29, 0.717) is 25.5 Å². The summed E-state index contributed by atoms with van der Waals surface area (Å²) in [4.78, 5) is 16.8. The predicted octanol–water partition coefficient (Wildman–Crippen LogP) is 4.10. The first-order valence-electron chi connectivity index (χ1n) is 7.65. The van der Waals surface area contributed by atoms with E-state index >= 15 is 0 Å². The molecule has 1 aromatic rings. The molecule has 1 aromatic carbocycles. The van der Waals surface area contributed by atoms with Gasteiger partial charge >= 0.3 is 6.09 Å². The van der Waals surface area contributed by atoms with Crippen LogP contribution in [0.1, 0.15) is 39.2 Å². The van der Waals surface area contributed by atoms with Gasteiger partial charge in [0, 0.05) is 6.54 Å². The second kappa shape index (κ2) is 10.1. The summed E-state index contributed by atoms with van der Waals surface area (Å²) in [6.07, 6.45) is 0.968. The number of hydrogen-bond acceptors (Lipinski definition) is 4. The van der Waals surface area contributed by atoms with Crippen molar-refractivity contribution in [3.05, 3.63) is 35.9 Å². The van der Waals surface area contributed by atoms with E-state index in [0.717, 1.165) is 17.7 Å². The molecular formula is C17H25ClN2O3. The molecule has 23 heavy (non-hydrogen) atoms. The number of halogens is 1. The highest BCUT2D eigenvalue weighted by Crippen LogP contribution is 2.06. The minimum atomic E-state index is -0.488. The largest absolute Gasteiger partial charge is 0.444 e. The van der Waals surface area contributed by atoms with E-state index in [4.69, 9.17) is 21.2 Å². The Morgan fingerprint density at radius 2 is 1.96 bits per heavy atom. The van der Waals surface area contributed by atoms with Crippen molar-refractivity contribution in [2.24, 2.45) is 5.16 Å². The standard InChI is InChI=1S/C17H25ClN2O3/c1-17(2,3)23-16(21)19-11-7-10-15(12-18)20-22-13-14-8-5-4-6-9-14/h4-6,8-9H,7,10-13H2,1-3H3,(H,19,21)/b20-15-. The van der Waals surface area contributed by atoms with Crippen molar-refractivity contribution in [3.63, 3.8) is 0 Å². The Labute approximate surface area is 143 Å². The number of carbonyl (C=O) groups is 1. The van der Waals surface area contributed by atoms with Crippen molar-refractivity contribution in [2.45, 2.75) is 45.8 Å². The molecule has 0 aliphatic rings. The molecule has 1 N–H and O–H groups in total. The number of ether oxygens (including phenoxy) is 1. The molecule has 0 spiro atoms. The third kappa shape index (κ3) is 9.79. The molecule has 0 aliphatic carbocycles. The van der Waals surface area contributed by atoms with E-state index in [9.17, 15) is 4.79 Å². The lowest BCUT2D eigenvalue weighted by molar-refractivity contribution is 0.0527. The zero-order valence-electron chi connectivity index (χ0n) is 14.0. The molecule has 1 amide bonds. The quantitative estimate of drug-likeness (QED) is 0.335. The summed E-state index contributed by atoms with van der Waals surface area (Å²) < 4.78 is 5.15. The van der Waals surface area contributed by atoms with Crippen LogP contribution in [0.4, 0.5) is 4.79 Å². The van der Waals surface area contributed by atoms with E-state index in [1.807, 2.05) is 51.1 Å². The Hall–Kier alpha value is -1.75. The van der Waals surface area contributed by atoms with Crippen LogP contribution in [-0.4, -0.2) is 29.8 Å². The van der Waals surface area contributed by atoms with Gasteiger partial charge in [-0.1, -0.05) is 35.5 Å². The molecule has 0 unspecified atom stereocenters. The van der Waals surface area contributed by atoms with Crippen molar-refractivity contribution in [1.29, 1.82) is 0 Å². The Morgan fingerprint density at radius 3 is 2.57 bits per heavy atom. The minimum absolute atomic E-state index is 0.307. The molecule has 128 valence electrons. The molecule has 0 aliphatic heterocycles. The van der Waals surface area contributed by atoms with Crippen LogP contribution in [0.5, 0.6) is 0 Å². The van der Waals surface area contributed by atoms with Gasteiger partial charge in [0.15, 0.2) is 0 Å². The second-order valence-corrected chi connectivity index (χ2v) is 6.35. The number of nitrogens with zero attached hydrogens (tertiary/aromatic N) is 1. The maximum absolute atomic E-state index is 11.5. The summed E-state index contributed by atoms with van der Waals surface area (Å²) in [5.41, 5.74) is 1.32. The van der Waals surface area contributed by atoms with Crippen LogP contribution in [0.25, 0.3) is 0 Å². The number of amides is 1. The SMILES string of the molecule is CC(C)(C)OC(=O)NCCC/C(CCl)=N/OCc1ccccc1. The maximum Gasteiger partial charge on any atom is 0.407 e. The highest BCUT2D eigenvalue weighted by atomic mass is 35.5. The highest BCUT2D eigenvalue weighted by molar-refractivity contribution is 6.28. The van der Waals surface area contributed by atoms with Crippen LogP contribution in [0.3, 0.4) is 0 Å². The van der Waals surface area contributed by atoms with Crippen LogP contribution < -0.4 is 5.32 Å². The number of oxime groups is 1. The fourth-order valence-electron chi connectivity index (χ4n) is 1.71. The lowest BCUT2D eigenvalue weighted by Crippen LogP contribution is -2.33. The molecule has 5 nitrogen and oxygen atoms in total. The van der Waals surface area contributed by atoms with Gasteiger partial charge in [0.05, 0.1) is 11.6 Å². The van der Waals surface area contributed by atoms with Crippen molar-refractivity contribution >= 4 is 23.4 Å². The zero-order valence-corrected chi connectivity index (χ0v) is 14.7. The third-order valence-electron chi connectivity index (χ3n) is 2.73. The summed E-state index contributed by atoms with van der Waals surface area (Å²) >= 11 is 5.86. The summed E-state index contributed by atoms with van der Waals surface area (Å²) in [6, 6.07) is 9.80. The molecule has 0 bridgehead atoms. The number of carbonyl (C=O) groups excluding carboxylic acids is 1. The van der Waals surface area contributed by atoms with Crippen molar-refractivity contribution in [3.8, 4) is 0 Å². The lowest BCUT2D eigenvalue weighted by Gasteiger charge is -2.19. The summed E-state index contributed by atoms with van der Waals surface area (Å²) in [5.74, 6) is 0.307. The Bertz CT molecular complexity index is 498. The maximum atomic E-state index is 11.5. The molecule has 0 fully saturated rings. The molecule has 0 heterocycles. The average molecular weight is 341 g/mol. The molecule has 6 heteroatoms. The van der Waals surface area contributed by atoms with Gasteiger partial charge in [0.2, 0.25) is 0 Å². The normalized spacial score (nSPS) is 11.9. The first kappa shape index (κ1) is 19.3. The van der Waals surface area contributed by atoms with Gasteiger partial charge in [-0.3, -0.25) is 0 Å². The second-order valence-electron chi connectivity index (χ2n) is 6.08. The van der Waals surface area contributed by atoms with Crippen LogP contribution >= 0.6 is 11.6 Å². The number of rotatable bonds is 8. The van der Waals surface area contributed by atoms with Crippen molar-refractivity contribution in [1.82, 2.24) is 5.32 Å². The van der Waals surface area contributed by atoms with Gasteiger partial charge in [-0.05, 0) is 39.2 Å². The van der Waals surface area contributed by atoms with Gasteiger partial charge in [0.1, 0.15) is 12.2 Å². The monoisotopic (exact) mass is 340 g/mol. The third-order valence-corrected chi connectivity index (χ3v) is 3.04. The van der Waals surface area contributed by atoms with E-state index in [2.05, 4.69) is 10.5 Å². The summed E-state index contributed by atoms with van der Waals surface area (Å²) in [5, 5.41) is 6.75. The van der Waals surface area contributed by atoms with E-state index in [1.54, 1.807) is 0 Å². The van der Waals surface area contributed by atoms with Crippen molar-refractivity contribution in [2.75, 3.05) is 12.4 Å². The summed E-state index contributed by atoms with van der Waals surface area (Å²) in [7, 11) is 0. The predicted molar refractivity (Wildman–Crippen MR) is 92.9 cm³/mol. The van der Waals surface area contributed by atoms with Gasteiger partial charge in [0.25, 0.3) is 0 Å². The fraction of sp³-hybridized carbons (Fsp3) is 0.529. The molecule has 0 saturated carbocycles. The molecule has 0 atom stereocenters. The van der Waals surface area contributed by atoms with Crippen LogP contribution in [0.2, 0.25) is 0 Å². The molecule has 0 radical (unpaired) electrons. The Kier molecular flexibility index (Phi) is 8.48. The zero-order chi connectivity index (χ0) is 17.1. The highest BCUT2D eigenvalue weighted by Gasteiger charge is 2.15. The van der Waals surface area contributed by atoms with Crippen molar-refractivity contribution < 1.29 is 14.4 Å². The first-order chi connectivity index (χ1) is 10.9. The Morgan fingerprint density at radius 1 is 1.26 bits per heavy atom. The Balaban J connectivity index is 2.23. The number of nitrogens with one attached hydrogen (secondary N) is 1.